The lowest BCUT2D eigenvalue weighted by Gasteiger charge is -2.21. The van der Waals surface area contributed by atoms with Crippen LogP contribution in [0.2, 0.25) is 0 Å². The number of nitrogens with one attached hydrogen (secondary N) is 1. The molecular weight excluding hydrogens is 253 g/mol. The quantitative estimate of drug-likeness (QED) is 0.677. The van der Waals surface area contributed by atoms with E-state index in [9.17, 15) is 4.79 Å². The van der Waals surface area contributed by atoms with Crippen LogP contribution in [-0.4, -0.2) is 24.7 Å². The molecule has 0 aromatic heterocycles. The molecule has 0 bridgehead atoms. The summed E-state index contributed by atoms with van der Waals surface area (Å²) in [7, 11) is -0.402. The van der Waals surface area contributed by atoms with Crippen LogP contribution < -0.4 is 10.8 Å². The van der Waals surface area contributed by atoms with Gasteiger partial charge in [0.15, 0.2) is 0 Å². The summed E-state index contributed by atoms with van der Waals surface area (Å²) in [4.78, 5) is 11.4. The first-order valence-electron chi connectivity index (χ1n) is 6.71. The molecule has 1 saturated heterocycles. The van der Waals surface area contributed by atoms with Crippen molar-refractivity contribution in [2.24, 2.45) is 0 Å². The van der Waals surface area contributed by atoms with E-state index in [-0.39, 0.29) is 17.6 Å². The first-order chi connectivity index (χ1) is 9.35. The van der Waals surface area contributed by atoms with Crippen LogP contribution in [0.25, 0.3) is 0 Å². The fourth-order valence-electron chi connectivity index (χ4n) is 2.11. The van der Waals surface area contributed by atoms with Gasteiger partial charge in [-0.25, -0.2) is 0 Å². The van der Waals surface area contributed by atoms with E-state index >= 15 is 0 Å². The summed E-state index contributed by atoms with van der Waals surface area (Å²) < 4.78 is 11.8. The molecule has 1 aromatic carbocycles. The second-order valence-corrected chi connectivity index (χ2v) is 5.54. The second-order valence-electron chi connectivity index (χ2n) is 5.54. The van der Waals surface area contributed by atoms with E-state index in [2.05, 4.69) is 11.9 Å². The third kappa shape index (κ3) is 2.79. The Morgan fingerprint density at radius 3 is 2.75 bits per heavy atom. The maximum atomic E-state index is 11.4. The summed E-state index contributed by atoms with van der Waals surface area (Å²) in [5, 5.41) is 2.79. The first-order valence-corrected chi connectivity index (χ1v) is 6.71. The molecule has 0 spiro atoms. The summed E-state index contributed by atoms with van der Waals surface area (Å²) in [6.07, 6.45) is 1.26. The number of carbonyl (C=O) groups is 1. The molecule has 1 aromatic rings. The third-order valence-electron chi connectivity index (χ3n) is 3.79. The van der Waals surface area contributed by atoms with E-state index in [1.54, 1.807) is 0 Å². The van der Waals surface area contributed by atoms with Gasteiger partial charge in [-0.05, 0) is 50.9 Å². The predicted octanol–water partition coefficient (Wildman–Crippen LogP) is 2.03. The lowest BCUT2D eigenvalue weighted by Crippen LogP contribution is -2.36. The maximum Gasteiger partial charge on any atom is 0.494 e. The highest BCUT2D eigenvalue weighted by atomic mass is 16.7. The topological polar surface area (TPSA) is 47.6 Å². The van der Waals surface area contributed by atoms with Crippen molar-refractivity contribution in [2.45, 2.75) is 39.4 Å². The maximum absolute atomic E-state index is 11.4. The summed E-state index contributed by atoms with van der Waals surface area (Å²) in [6, 6.07) is 5.69. The Hall–Kier alpha value is -1.59. The van der Waals surface area contributed by atoms with Crippen molar-refractivity contribution in [3.8, 4) is 0 Å². The van der Waals surface area contributed by atoms with Crippen LogP contribution >= 0.6 is 0 Å². The molecule has 1 aliphatic rings. The van der Waals surface area contributed by atoms with Crippen LogP contribution in [0.3, 0.4) is 0 Å². The van der Waals surface area contributed by atoms with Crippen molar-refractivity contribution >= 4 is 24.2 Å². The Balaban J connectivity index is 2.28. The zero-order valence-corrected chi connectivity index (χ0v) is 12.4. The van der Waals surface area contributed by atoms with Gasteiger partial charge < -0.3 is 14.6 Å². The van der Waals surface area contributed by atoms with E-state index in [0.717, 1.165) is 16.7 Å². The molecule has 0 saturated carbocycles. The fraction of sp³-hybridized carbons (Fsp3) is 0.400. The largest absolute Gasteiger partial charge is 0.494 e. The van der Waals surface area contributed by atoms with E-state index in [4.69, 9.17) is 9.31 Å². The SMILES string of the molecule is C=CC(=O)Nc1cccc(B2OC(C)C(C)(C)O2)c1C. The standard InChI is InChI=1S/C15H20BNO3/c1-6-14(18)17-13-9-7-8-12(10(13)2)16-19-11(3)15(4,5)20-16/h6-9,11H,1H2,2-5H3,(H,17,18). The molecule has 1 aliphatic heterocycles. The average Bonchev–Trinajstić information content (AvgIpc) is 2.66. The highest BCUT2D eigenvalue weighted by Gasteiger charge is 2.44. The molecule has 1 unspecified atom stereocenters. The predicted molar refractivity (Wildman–Crippen MR) is 81.1 cm³/mol. The smallest absolute Gasteiger partial charge is 0.402 e. The number of anilines is 1. The molecule has 1 N–H and O–H groups in total. The summed E-state index contributed by atoms with van der Waals surface area (Å²) in [5.74, 6) is -0.229. The summed E-state index contributed by atoms with van der Waals surface area (Å²) >= 11 is 0. The number of rotatable bonds is 3. The van der Waals surface area contributed by atoms with Crippen molar-refractivity contribution in [1.29, 1.82) is 0 Å². The number of hydrogen-bond acceptors (Lipinski definition) is 3. The van der Waals surface area contributed by atoms with Crippen LogP contribution in [0.4, 0.5) is 5.69 Å². The average molecular weight is 273 g/mol. The van der Waals surface area contributed by atoms with E-state index in [1.807, 2.05) is 45.9 Å². The second kappa shape index (κ2) is 5.42. The Bertz CT molecular complexity index is 542. The summed E-state index contributed by atoms with van der Waals surface area (Å²) in [6.45, 7) is 11.4. The first kappa shape index (κ1) is 14.8. The van der Waals surface area contributed by atoms with Gasteiger partial charge in [0, 0.05) is 5.69 Å². The Labute approximate surface area is 120 Å². The fourth-order valence-corrected chi connectivity index (χ4v) is 2.11. The van der Waals surface area contributed by atoms with E-state index < -0.39 is 7.12 Å². The van der Waals surface area contributed by atoms with Gasteiger partial charge in [-0.15, -0.1) is 0 Å². The minimum atomic E-state index is -0.402. The van der Waals surface area contributed by atoms with Crippen LogP contribution in [0, 0.1) is 6.92 Å². The van der Waals surface area contributed by atoms with Crippen LogP contribution in [0.15, 0.2) is 30.9 Å². The molecule has 1 fully saturated rings. The van der Waals surface area contributed by atoms with E-state index in [0.29, 0.717) is 0 Å². The number of amides is 1. The molecule has 5 heteroatoms. The Morgan fingerprint density at radius 1 is 1.50 bits per heavy atom. The lowest BCUT2D eigenvalue weighted by atomic mass is 9.76. The lowest BCUT2D eigenvalue weighted by molar-refractivity contribution is -0.111. The monoisotopic (exact) mass is 273 g/mol. The minimum Gasteiger partial charge on any atom is -0.402 e. The molecule has 1 heterocycles. The highest BCUT2D eigenvalue weighted by molar-refractivity contribution is 6.62. The van der Waals surface area contributed by atoms with Gasteiger partial charge in [0.1, 0.15) is 0 Å². The summed E-state index contributed by atoms with van der Waals surface area (Å²) in [5.41, 5.74) is 2.30. The molecular formula is C15H20BNO3. The Kier molecular flexibility index (Phi) is 4.02. The molecule has 106 valence electrons. The van der Waals surface area contributed by atoms with Crippen LogP contribution in [0.1, 0.15) is 26.3 Å². The van der Waals surface area contributed by atoms with Crippen LogP contribution in [-0.2, 0) is 14.1 Å². The molecule has 20 heavy (non-hydrogen) atoms. The molecule has 4 nitrogen and oxygen atoms in total. The van der Waals surface area contributed by atoms with Gasteiger partial charge >= 0.3 is 7.12 Å². The van der Waals surface area contributed by atoms with E-state index in [1.165, 1.54) is 6.08 Å². The normalized spacial score (nSPS) is 20.8. The van der Waals surface area contributed by atoms with Crippen LogP contribution in [0.5, 0.6) is 0 Å². The van der Waals surface area contributed by atoms with Gasteiger partial charge in [0.25, 0.3) is 0 Å². The number of benzene rings is 1. The van der Waals surface area contributed by atoms with Crippen molar-refractivity contribution in [2.75, 3.05) is 5.32 Å². The van der Waals surface area contributed by atoms with Gasteiger partial charge in [-0.2, -0.15) is 0 Å². The van der Waals surface area contributed by atoms with Gasteiger partial charge in [0.2, 0.25) is 5.91 Å². The van der Waals surface area contributed by atoms with Crippen molar-refractivity contribution in [3.63, 3.8) is 0 Å². The zero-order valence-electron chi connectivity index (χ0n) is 12.4. The van der Waals surface area contributed by atoms with Crippen molar-refractivity contribution in [1.82, 2.24) is 0 Å². The number of carbonyl (C=O) groups excluding carboxylic acids is 1. The Morgan fingerprint density at radius 2 is 2.20 bits per heavy atom. The molecule has 2 rings (SSSR count). The van der Waals surface area contributed by atoms with Crippen molar-refractivity contribution < 1.29 is 14.1 Å². The third-order valence-corrected chi connectivity index (χ3v) is 3.79. The molecule has 0 radical (unpaired) electrons. The van der Waals surface area contributed by atoms with Gasteiger partial charge in [0.05, 0.1) is 11.7 Å². The van der Waals surface area contributed by atoms with Gasteiger partial charge in [-0.1, -0.05) is 18.7 Å². The van der Waals surface area contributed by atoms with Crippen molar-refractivity contribution in [3.05, 3.63) is 36.4 Å². The molecule has 0 aliphatic carbocycles. The molecule has 1 atom stereocenters. The highest BCUT2D eigenvalue weighted by Crippen LogP contribution is 2.27. The van der Waals surface area contributed by atoms with Gasteiger partial charge in [-0.3, -0.25) is 4.79 Å². The molecule has 1 amide bonds. The number of hydrogen-bond donors (Lipinski definition) is 1. The minimum absolute atomic E-state index is 0.0123. The zero-order chi connectivity index (χ0) is 14.9.